The largest absolute Gasteiger partial charge is 0.335 e. The maximum atomic E-state index is 12.6. The summed E-state index contributed by atoms with van der Waals surface area (Å²) < 4.78 is 27.1. The Morgan fingerprint density at radius 1 is 1.33 bits per heavy atom. The fraction of sp³-hybridized carbons (Fsp3) is 0.667. The van der Waals surface area contributed by atoms with E-state index in [-0.39, 0.29) is 18.4 Å². The van der Waals surface area contributed by atoms with E-state index in [4.69, 9.17) is 0 Å². The van der Waals surface area contributed by atoms with Crippen molar-refractivity contribution in [2.24, 2.45) is 5.92 Å². The highest BCUT2D eigenvalue weighted by Gasteiger charge is 2.34. The average Bonchev–Trinajstić information content (AvgIpc) is 3.12. The first-order valence-electron chi connectivity index (χ1n) is 8.37. The summed E-state index contributed by atoms with van der Waals surface area (Å²) in [5.41, 5.74) is 2.98. The molecule has 0 radical (unpaired) electrons. The number of hydrogen-bond acceptors (Lipinski definition) is 5. The van der Waals surface area contributed by atoms with Crippen molar-refractivity contribution in [2.75, 3.05) is 46.3 Å². The van der Waals surface area contributed by atoms with Gasteiger partial charge in [-0.15, -0.1) is 11.3 Å². The summed E-state index contributed by atoms with van der Waals surface area (Å²) >= 11 is 1.22. The van der Waals surface area contributed by atoms with Gasteiger partial charge >= 0.3 is 0 Å². The molecule has 2 aliphatic heterocycles. The third-order valence-electron chi connectivity index (χ3n) is 4.73. The zero-order chi connectivity index (χ0) is 17.2. The van der Waals surface area contributed by atoms with Gasteiger partial charge in [-0.3, -0.25) is 10.2 Å². The smallest absolute Gasteiger partial charge is 0.252 e. The summed E-state index contributed by atoms with van der Waals surface area (Å²) in [7, 11) is -1.32. The molecular formula is C15H25N4O3S2+. The lowest BCUT2D eigenvalue weighted by Crippen LogP contribution is -3.12. The maximum Gasteiger partial charge on any atom is 0.252 e. The number of hydrogen-bond donors (Lipinski definition) is 2. The van der Waals surface area contributed by atoms with E-state index in [1.807, 2.05) is 5.01 Å². The summed E-state index contributed by atoms with van der Waals surface area (Å²) in [5.74, 6) is -0.332. The molecule has 1 aromatic heterocycles. The lowest BCUT2D eigenvalue weighted by atomic mass is 9.99. The summed E-state index contributed by atoms with van der Waals surface area (Å²) in [6.07, 6.45) is 1.46. The minimum Gasteiger partial charge on any atom is -0.335 e. The van der Waals surface area contributed by atoms with Crippen molar-refractivity contribution in [3.63, 3.8) is 0 Å². The van der Waals surface area contributed by atoms with Gasteiger partial charge in [-0.2, -0.15) is 4.31 Å². The zero-order valence-corrected chi connectivity index (χ0v) is 15.5. The van der Waals surface area contributed by atoms with Gasteiger partial charge in [0, 0.05) is 13.1 Å². The van der Waals surface area contributed by atoms with Crippen molar-refractivity contribution in [1.29, 1.82) is 0 Å². The fourth-order valence-electron chi connectivity index (χ4n) is 3.16. The van der Waals surface area contributed by atoms with E-state index in [0.29, 0.717) is 10.8 Å². The summed E-state index contributed by atoms with van der Waals surface area (Å²) in [6, 6.07) is 3.36. The fourth-order valence-corrected chi connectivity index (χ4v) is 5.83. The number of amides is 1. The number of sulfonamides is 1. The van der Waals surface area contributed by atoms with Crippen LogP contribution in [0.2, 0.25) is 0 Å². The molecule has 1 amide bonds. The van der Waals surface area contributed by atoms with Crippen LogP contribution in [-0.2, 0) is 14.8 Å². The van der Waals surface area contributed by atoms with Crippen LogP contribution in [0.4, 0.5) is 0 Å². The third-order valence-corrected chi connectivity index (χ3v) is 7.97. The van der Waals surface area contributed by atoms with E-state index >= 15 is 0 Å². The predicted molar refractivity (Wildman–Crippen MR) is 92.1 cm³/mol. The predicted octanol–water partition coefficient (Wildman–Crippen LogP) is -0.990. The van der Waals surface area contributed by atoms with Crippen LogP contribution in [-0.4, -0.2) is 70.0 Å². The van der Waals surface area contributed by atoms with Crippen LogP contribution in [0, 0.1) is 5.92 Å². The van der Waals surface area contributed by atoms with Crippen LogP contribution in [0.1, 0.15) is 12.8 Å². The van der Waals surface area contributed by atoms with Gasteiger partial charge in [-0.1, -0.05) is 6.07 Å². The van der Waals surface area contributed by atoms with Crippen LogP contribution in [0.3, 0.4) is 0 Å². The monoisotopic (exact) mass is 373 g/mol. The minimum atomic E-state index is -3.47. The molecule has 0 saturated carbocycles. The van der Waals surface area contributed by atoms with Gasteiger partial charge in [-0.05, 0) is 24.3 Å². The number of quaternary nitrogens is 1. The molecule has 0 bridgehead atoms. The molecular weight excluding hydrogens is 348 g/mol. The van der Waals surface area contributed by atoms with Gasteiger partial charge in [-0.25, -0.2) is 13.4 Å². The number of carbonyl (C=O) groups is 1. The van der Waals surface area contributed by atoms with Gasteiger partial charge in [0.2, 0.25) is 5.91 Å². The second-order valence-corrected chi connectivity index (χ2v) is 9.67. The summed E-state index contributed by atoms with van der Waals surface area (Å²) in [5, 5.41) is 3.72. The minimum absolute atomic E-state index is 0.0550. The molecule has 0 unspecified atom stereocenters. The molecule has 7 nitrogen and oxygen atoms in total. The second-order valence-electron chi connectivity index (χ2n) is 6.55. The molecule has 3 heterocycles. The van der Waals surface area contributed by atoms with Crippen LogP contribution in [0.25, 0.3) is 0 Å². The van der Waals surface area contributed by atoms with E-state index in [1.54, 1.807) is 17.5 Å². The highest BCUT2D eigenvalue weighted by atomic mass is 32.2. The lowest BCUT2D eigenvalue weighted by Gasteiger charge is -2.34. The van der Waals surface area contributed by atoms with Crippen LogP contribution >= 0.6 is 11.3 Å². The first-order valence-corrected chi connectivity index (χ1v) is 10.7. The van der Waals surface area contributed by atoms with Gasteiger partial charge < -0.3 is 4.90 Å². The molecule has 2 N–H and O–H groups in total. The molecule has 1 atom stereocenters. The average molecular weight is 374 g/mol. The lowest BCUT2D eigenvalue weighted by molar-refractivity contribution is -0.884. The molecule has 2 fully saturated rings. The van der Waals surface area contributed by atoms with Crippen molar-refractivity contribution >= 4 is 27.3 Å². The van der Waals surface area contributed by atoms with Gasteiger partial charge in [0.1, 0.15) is 4.21 Å². The Morgan fingerprint density at radius 2 is 2.08 bits per heavy atom. The highest BCUT2D eigenvalue weighted by molar-refractivity contribution is 7.91. The number of piperidine rings is 1. The maximum absolute atomic E-state index is 12.6. The molecule has 1 aromatic rings. The number of likely N-dealkylation sites (N-methyl/N-ethyl adjacent to an activating group) is 1. The first kappa shape index (κ1) is 17.8. The number of carbonyl (C=O) groups excluding carboxylic acids is 1. The van der Waals surface area contributed by atoms with Gasteiger partial charge in [0.25, 0.3) is 10.0 Å². The number of rotatable bonds is 4. The Bertz CT molecular complexity index is 654. The summed E-state index contributed by atoms with van der Waals surface area (Å²) in [4.78, 5) is 14.0. The topological polar surface area (TPSA) is 74.2 Å². The number of thiophene rings is 1. The van der Waals surface area contributed by atoms with Crippen molar-refractivity contribution in [2.45, 2.75) is 17.1 Å². The highest BCUT2D eigenvalue weighted by Crippen LogP contribution is 2.26. The molecule has 2 aliphatic rings. The van der Waals surface area contributed by atoms with E-state index < -0.39 is 10.0 Å². The Labute approximate surface area is 147 Å². The SMILES string of the molecule is C[NH+]1CCN(NC(=O)[C@H]2CCCN(S(=O)(=O)c3cccs3)C2)CC1. The van der Waals surface area contributed by atoms with Crippen molar-refractivity contribution in [3.8, 4) is 0 Å². The Morgan fingerprint density at radius 3 is 2.75 bits per heavy atom. The molecule has 0 spiro atoms. The summed E-state index contributed by atoms with van der Waals surface area (Å²) in [6.45, 7) is 4.43. The Kier molecular flexibility index (Phi) is 5.56. The Balaban J connectivity index is 1.60. The Hall–Kier alpha value is -1.00. The molecule has 0 aliphatic carbocycles. The first-order chi connectivity index (χ1) is 11.5. The molecule has 9 heteroatoms. The van der Waals surface area contributed by atoms with E-state index in [1.165, 1.54) is 20.5 Å². The van der Waals surface area contributed by atoms with Crippen molar-refractivity contribution < 1.29 is 18.1 Å². The zero-order valence-electron chi connectivity index (χ0n) is 13.9. The van der Waals surface area contributed by atoms with E-state index in [9.17, 15) is 13.2 Å². The van der Waals surface area contributed by atoms with E-state index in [2.05, 4.69) is 12.5 Å². The van der Waals surface area contributed by atoms with Crippen LogP contribution < -0.4 is 10.3 Å². The standard InChI is InChI=1S/C15H24N4O3S2/c1-17-7-9-18(10-8-17)16-15(20)13-4-2-6-19(12-13)24(21,22)14-5-3-11-23-14/h3,5,11,13H,2,4,6-10,12H2,1H3,(H,16,20)/p+1/t13-/m0/s1. The van der Waals surface area contributed by atoms with Gasteiger partial charge in [0.05, 0.1) is 39.1 Å². The number of nitrogens with one attached hydrogen (secondary N) is 2. The van der Waals surface area contributed by atoms with E-state index in [0.717, 1.165) is 39.0 Å². The normalized spacial score (nSPS) is 24.8. The van der Waals surface area contributed by atoms with Crippen LogP contribution in [0.15, 0.2) is 21.7 Å². The number of nitrogens with zero attached hydrogens (tertiary/aromatic N) is 2. The molecule has 0 aromatic carbocycles. The van der Waals surface area contributed by atoms with Crippen molar-refractivity contribution in [1.82, 2.24) is 14.7 Å². The quantitative estimate of drug-likeness (QED) is 0.711. The number of hydrazine groups is 1. The second kappa shape index (κ2) is 7.49. The van der Waals surface area contributed by atoms with Crippen LogP contribution in [0.5, 0.6) is 0 Å². The number of piperazine rings is 1. The third kappa shape index (κ3) is 3.97. The van der Waals surface area contributed by atoms with Crippen molar-refractivity contribution in [3.05, 3.63) is 17.5 Å². The molecule has 134 valence electrons. The molecule has 2 saturated heterocycles. The van der Waals surface area contributed by atoms with Gasteiger partial charge in [0.15, 0.2) is 0 Å². The molecule has 24 heavy (non-hydrogen) atoms. The molecule has 3 rings (SSSR count).